The van der Waals surface area contributed by atoms with Crippen molar-refractivity contribution in [1.82, 2.24) is 5.32 Å². The molecule has 1 N–H and O–H groups in total. The minimum atomic E-state index is -0.362. The minimum Gasteiger partial charge on any atom is -0.485 e. The lowest BCUT2D eigenvalue weighted by Crippen LogP contribution is -2.38. The number of fused-ring (bicyclic) bond motifs is 2. The van der Waals surface area contributed by atoms with Crippen LogP contribution in [0.1, 0.15) is 12.8 Å². The standard InChI is InChI=1S/C17H18N2O3/c1-18-10-4-7-17-15-11-12(19(20)21)8-9-13(15)14-5-2-3-6-16(14)22-17/h2-3,5-6,8-9,11,16,18H,4,7,10H2,1H3. The lowest BCUT2D eigenvalue weighted by Gasteiger charge is -2.25. The molecule has 1 atom stereocenters. The van der Waals surface area contributed by atoms with E-state index in [1.165, 1.54) is 0 Å². The number of rotatable bonds is 5. The van der Waals surface area contributed by atoms with Gasteiger partial charge in [-0.15, -0.1) is 0 Å². The van der Waals surface area contributed by atoms with Gasteiger partial charge >= 0.3 is 0 Å². The SMILES string of the molecule is CNCCCC1=c2cc([N+](=O)[O-])ccc2=C2C=CC=CC2O1. The number of nitrogens with one attached hydrogen (secondary N) is 1. The van der Waals surface area contributed by atoms with Crippen LogP contribution in [-0.2, 0) is 4.74 Å². The Balaban J connectivity index is 2.16. The molecule has 0 spiro atoms. The summed E-state index contributed by atoms with van der Waals surface area (Å²) in [6.07, 6.45) is 9.55. The Kier molecular flexibility index (Phi) is 4.06. The zero-order valence-corrected chi connectivity index (χ0v) is 12.4. The Hall–Kier alpha value is -2.40. The van der Waals surface area contributed by atoms with Crippen molar-refractivity contribution in [1.29, 1.82) is 0 Å². The summed E-state index contributed by atoms with van der Waals surface area (Å²) in [7, 11) is 1.91. The quantitative estimate of drug-likeness (QED) is 0.507. The van der Waals surface area contributed by atoms with Gasteiger partial charge in [0.2, 0.25) is 0 Å². The monoisotopic (exact) mass is 298 g/mol. The van der Waals surface area contributed by atoms with Crippen molar-refractivity contribution in [3.8, 4) is 0 Å². The second-order valence-corrected chi connectivity index (χ2v) is 5.36. The topological polar surface area (TPSA) is 64.4 Å². The molecule has 1 aromatic carbocycles. The molecule has 1 aliphatic carbocycles. The first-order valence-electron chi connectivity index (χ1n) is 7.38. The van der Waals surface area contributed by atoms with Gasteiger partial charge in [-0.1, -0.05) is 18.2 Å². The van der Waals surface area contributed by atoms with Crippen LogP contribution in [0.2, 0.25) is 0 Å². The highest BCUT2D eigenvalue weighted by Crippen LogP contribution is 2.23. The van der Waals surface area contributed by atoms with E-state index in [-0.39, 0.29) is 16.7 Å². The molecule has 0 saturated carbocycles. The highest BCUT2D eigenvalue weighted by Gasteiger charge is 2.22. The average Bonchev–Trinajstić information content (AvgIpc) is 2.54. The molecule has 1 unspecified atom stereocenters. The maximum Gasteiger partial charge on any atom is 0.270 e. The van der Waals surface area contributed by atoms with E-state index in [2.05, 4.69) is 5.32 Å². The van der Waals surface area contributed by atoms with E-state index in [0.29, 0.717) is 0 Å². The molecule has 0 fully saturated rings. The third-order valence-corrected chi connectivity index (χ3v) is 3.90. The molecule has 22 heavy (non-hydrogen) atoms. The van der Waals surface area contributed by atoms with E-state index < -0.39 is 0 Å². The summed E-state index contributed by atoms with van der Waals surface area (Å²) in [6, 6.07) is 5.02. The molecule has 0 radical (unpaired) electrons. The van der Waals surface area contributed by atoms with Crippen molar-refractivity contribution in [3.05, 3.63) is 63.1 Å². The number of nitro benzene ring substituents is 1. The lowest BCUT2D eigenvalue weighted by molar-refractivity contribution is -0.385. The van der Waals surface area contributed by atoms with Gasteiger partial charge in [-0.05, 0) is 37.4 Å². The maximum atomic E-state index is 11.1. The molecule has 1 aliphatic heterocycles. The molecule has 0 aromatic heterocycles. The average molecular weight is 298 g/mol. The summed E-state index contributed by atoms with van der Waals surface area (Å²) in [4.78, 5) is 10.7. The van der Waals surface area contributed by atoms with Crippen molar-refractivity contribution in [2.75, 3.05) is 13.6 Å². The van der Waals surface area contributed by atoms with Crippen LogP contribution in [0.5, 0.6) is 0 Å². The van der Waals surface area contributed by atoms with Crippen molar-refractivity contribution >= 4 is 17.0 Å². The van der Waals surface area contributed by atoms with Gasteiger partial charge in [-0.25, -0.2) is 0 Å². The molecule has 1 heterocycles. The van der Waals surface area contributed by atoms with Crippen LogP contribution >= 0.6 is 0 Å². The Labute approximate surface area is 128 Å². The van der Waals surface area contributed by atoms with E-state index in [4.69, 9.17) is 4.74 Å². The summed E-state index contributed by atoms with van der Waals surface area (Å²) in [5.41, 5.74) is 1.16. The van der Waals surface area contributed by atoms with Crippen molar-refractivity contribution in [2.45, 2.75) is 18.9 Å². The molecule has 0 saturated heterocycles. The Bertz CT molecular complexity index is 778. The van der Waals surface area contributed by atoms with Crippen LogP contribution in [0, 0.1) is 10.1 Å². The first-order valence-corrected chi connectivity index (χ1v) is 7.38. The fourth-order valence-corrected chi connectivity index (χ4v) is 2.83. The normalized spacial score (nSPS) is 18.7. The molecule has 1 aromatic rings. The second-order valence-electron chi connectivity index (χ2n) is 5.36. The molecule has 114 valence electrons. The number of allylic oxidation sites excluding steroid dienone is 2. The first-order chi connectivity index (χ1) is 10.7. The molecule has 0 amide bonds. The van der Waals surface area contributed by atoms with Gasteiger partial charge in [0.1, 0.15) is 11.9 Å². The summed E-state index contributed by atoms with van der Waals surface area (Å²) in [5, 5.41) is 16.0. The van der Waals surface area contributed by atoms with Crippen LogP contribution in [0.25, 0.3) is 11.3 Å². The predicted octanol–water partition coefficient (Wildman–Crippen LogP) is 1.38. The lowest BCUT2D eigenvalue weighted by atomic mass is 9.97. The molecule has 5 heteroatoms. The molecule has 5 nitrogen and oxygen atoms in total. The van der Waals surface area contributed by atoms with Crippen molar-refractivity contribution < 1.29 is 9.66 Å². The molecule has 0 bridgehead atoms. The zero-order valence-electron chi connectivity index (χ0n) is 12.4. The van der Waals surface area contributed by atoms with Crippen LogP contribution in [0.4, 0.5) is 5.69 Å². The highest BCUT2D eigenvalue weighted by atomic mass is 16.6. The van der Waals surface area contributed by atoms with E-state index in [1.54, 1.807) is 12.1 Å². The van der Waals surface area contributed by atoms with Gasteiger partial charge in [-0.2, -0.15) is 0 Å². The fraction of sp³-hybridized carbons (Fsp3) is 0.294. The Morgan fingerprint density at radius 3 is 2.95 bits per heavy atom. The number of non-ortho nitro benzene ring substituents is 1. The minimum absolute atomic E-state index is 0.0939. The zero-order chi connectivity index (χ0) is 15.5. The third-order valence-electron chi connectivity index (χ3n) is 3.90. The maximum absolute atomic E-state index is 11.1. The van der Waals surface area contributed by atoms with Crippen LogP contribution in [-0.4, -0.2) is 24.6 Å². The number of nitro groups is 1. The van der Waals surface area contributed by atoms with Crippen molar-refractivity contribution in [3.63, 3.8) is 0 Å². The predicted molar refractivity (Wildman–Crippen MR) is 85.5 cm³/mol. The molecular formula is C17H18N2O3. The number of ether oxygens (including phenoxy) is 1. The van der Waals surface area contributed by atoms with Gasteiger partial charge in [0.25, 0.3) is 5.69 Å². The molecule has 3 rings (SSSR count). The number of benzene rings is 1. The molecule has 2 aliphatic rings. The number of nitrogens with zero attached hydrogens (tertiary/aromatic N) is 1. The van der Waals surface area contributed by atoms with Gasteiger partial charge in [0.15, 0.2) is 0 Å². The largest absolute Gasteiger partial charge is 0.485 e. The van der Waals surface area contributed by atoms with Crippen molar-refractivity contribution in [2.24, 2.45) is 0 Å². The number of hydrogen-bond acceptors (Lipinski definition) is 4. The van der Waals surface area contributed by atoms with Gasteiger partial charge in [0.05, 0.1) is 4.92 Å². The van der Waals surface area contributed by atoms with Crippen LogP contribution in [0.15, 0.2) is 42.5 Å². The first kappa shape index (κ1) is 14.5. The van der Waals surface area contributed by atoms with Gasteiger partial charge in [-0.3, -0.25) is 10.1 Å². The van der Waals surface area contributed by atoms with E-state index >= 15 is 0 Å². The fourth-order valence-electron chi connectivity index (χ4n) is 2.83. The summed E-state index contributed by atoms with van der Waals surface area (Å²) >= 11 is 0. The smallest absolute Gasteiger partial charge is 0.270 e. The van der Waals surface area contributed by atoms with Crippen LogP contribution < -0.4 is 15.8 Å². The van der Waals surface area contributed by atoms with Gasteiger partial charge in [0, 0.05) is 29.3 Å². The van der Waals surface area contributed by atoms with Gasteiger partial charge < -0.3 is 10.1 Å². The van der Waals surface area contributed by atoms with E-state index in [9.17, 15) is 10.1 Å². The molecular weight excluding hydrogens is 280 g/mol. The summed E-state index contributed by atoms with van der Waals surface area (Å²) in [6.45, 7) is 0.883. The highest BCUT2D eigenvalue weighted by molar-refractivity contribution is 5.69. The third kappa shape index (κ3) is 2.67. The Morgan fingerprint density at radius 2 is 2.18 bits per heavy atom. The van der Waals surface area contributed by atoms with E-state index in [0.717, 1.165) is 41.2 Å². The number of hydrogen-bond donors (Lipinski definition) is 1. The van der Waals surface area contributed by atoms with Crippen LogP contribution in [0.3, 0.4) is 0 Å². The van der Waals surface area contributed by atoms with E-state index in [1.807, 2.05) is 37.4 Å². The second kappa shape index (κ2) is 6.15. The Morgan fingerprint density at radius 1 is 1.32 bits per heavy atom. The summed E-state index contributed by atoms with van der Waals surface area (Å²) < 4.78 is 6.09. The summed E-state index contributed by atoms with van der Waals surface area (Å²) in [5.74, 6) is 0.836.